The highest BCUT2D eigenvalue weighted by Gasteiger charge is 2.61. The average molecular weight is 565 g/mol. The van der Waals surface area contributed by atoms with Crippen LogP contribution in [0.4, 0.5) is 0 Å². The first-order chi connectivity index (χ1) is 18.3. The summed E-state index contributed by atoms with van der Waals surface area (Å²) in [5.41, 5.74) is 0.856. The van der Waals surface area contributed by atoms with Gasteiger partial charge in [0, 0.05) is 24.4 Å². The van der Waals surface area contributed by atoms with Crippen LogP contribution in [0, 0.1) is 0 Å². The first-order valence-electron chi connectivity index (χ1n) is 13.6. The smallest absolute Gasteiger partial charge is 0.345 e. The molecule has 38 heavy (non-hydrogen) atoms. The van der Waals surface area contributed by atoms with Crippen LogP contribution in [0.15, 0.2) is 24.3 Å². The molecule has 0 radical (unpaired) electrons. The fraction of sp³-hybridized carbons (Fsp3) is 0.630. The van der Waals surface area contributed by atoms with Crippen LogP contribution in [-0.2, 0) is 29.7 Å². The zero-order valence-electron chi connectivity index (χ0n) is 22.1. The minimum atomic E-state index is -3.32. The zero-order valence-corrected chi connectivity index (χ0v) is 23.8. The number of benzene rings is 1. The second-order valence-electron chi connectivity index (χ2n) is 10.4. The molecule has 3 fully saturated rings. The number of rotatable bonds is 12. The summed E-state index contributed by atoms with van der Waals surface area (Å²) < 4.78 is 37.9. The van der Waals surface area contributed by atoms with Crippen molar-refractivity contribution in [2.45, 2.75) is 76.4 Å². The number of fused-ring (bicyclic) bond motifs is 1. The molecule has 1 aromatic heterocycles. The van der Waals surface area contributed by atoms with Crippen LogP contribution in [0.2, 0.25) is 0 Å². The molecule has 4 heterocycles. The Morgan fingerprint density at radius 2 is 1.87 bits per heavy atom. The first kappa shape index (κ1) is 27.7. The summed E-state index contributed by atoms with van der Waals surface area (Å²) in [6.45, 7) is 6.61. The summed E-state index contributed by atoms with van der Waals surface area (Å²) in [5.74, 6) is -2.00. The van der Waals surface area contributed by atoms with Crippen molar-refractivity contribution >= 4 is 40.8 Å². The maximum atomic E-state index is 15.4. The van der Waals surface area contributed by atoms with E-state index in [2.05, 4.69) is 11.6 Å². The highest BCUT2D eigenvalue weighted by molar-refractivity contribution is 7.58. The first-order valence-corrected chi connectivity index (χ1v) is 16.3. The highest BCUT2D eigenvalue weighted by atomic mass is 32.1. The maximum absolute atomic E-state index is 15.4. The minimum absolute atomic E-state index is 0.156. The molecule has 1 aromatic carbocycles. The number of hydrogen-bond acceptors (Lipinski definition) is 7. The molecule has 11 heteroatoms. The van der Waals surface area contributed by atoms with Gasteiger partial charge >= 0.3 is 11.9 Å². The van der Waals surface area contributed by atoms with E-state index in [1.54, 1.807) is 6.07 Å². The highest BCUT2D eigenvalue weighted by Crippen LogP contribution is 2.63. The lowest BCUT2D eigenvalue weighted by atomic mass is 10.1. The molecule has 3 aliphatic rings. The summed E-state index contributed by atoms with van der Waals surface area (Å²) >= 11 is 1.23. The third kappa shape index (κ3) is 5.31. The number of epoxide rings is 1. The van der Waals surface area contributed by atoms with Crippen molar-refractivity contribution < 1.29 is 33.5 Å². The number of carbonyl (C=O) groups excluding carboxylic acids is 1. The number of nitrogens with zero attached hydrogens (tertiary/aromatic N) is 2. The van der Waals surface area contributed by atoms with Crippen molar-refractivity contribution in [2.75, 3.05) is 32.9 Å². The Balaban J connectivity index is 1.51. The maximum Gasteiger partial charge on any atom is 0.345 e. The Kier molecular flexibility index (Phi) is 8.29. The fourth-order valence-corrected chi connectivity index (χ4v) is 10.3. The van der Waals surface area contributed by atoms with Crippen molar-refractivity contribution in [3.63, 3.8) is 0 Å². The Hall–Kier alpha value is -1.81. The van der Waals surface area contributed by atoms with E-state index in [1.165, 1.54) is 11.3 Å². The molecule has 0 spiro atoms. The predicted octanol–water partition coefficient (Wildman–Crippen LogP) is 5.33. The quantitative estimate of drug-likeness (QED) is 0.208. The lowest BCUT2D eigenvalue weighted by Gasteiger charge is -2.42. The van der Waals surface area contributed by atoms with Crippen LogP contribution in [0.25, 0.3) is 10.1 Å². The number of thiophene rings is 1. The van der Waals surface area contributed by atoms with Gasteiger partial charge in [0.1, 0.15) is 17.5 Å². The van der Waals surface area contributed by atoms with Crippen LogP contribution in [-0.4, -0.2) is 77.2 Å². The van der Waals surface area contributed by atoms with Gasteiger partial charge in [0.25, 0.3) is 0 Å². The number of ether oxygens (including phenoxy) is 3. The Morgan fingerprint density at radius 3 is 2.58 bits per heavy atom. The number of hydrogen-bond donors (Lipinski definition) is 1. The van der Waals surface area contributed by atoms with Crippen molar-refractivity contribution in [2.24, 2.45) is 0 Å². The molecule has 208 valence electrons. The van der Waals surface area contributed by atoms with Crippen LogP contribution in [0.5, 0.6) is 0 Å². The molecule has 9 nitrogen and oxygen atoms in total. The topological polar surface area (TPSA) is 109 Å². The van der Waals surface area contributed by atoms with Crippen molar-refractivity contribution in [3.8, 4) is 0 Å². The molecule has 0 aliphatic carbocycles. The van der Waals surface area contributed by atoms with Gasteiger partial charge < -0.3 is 19.3 Å². The third-order valence-corrected chi connectivity index (χ3v) is 12.1. The number of esters is 1. The molecular formula is C27H37N2O7PS. The monoisotopic (exact) mass is 564 g/mol. The van der Waals surface area contributed by atoms with E-state index in [4.69, 9.17) is 14.2 Å². The lowest BCUT2D eigenvalue weighted by molar-refractivity contribution is -0.147. The van der Waals surface area contributed by atoms with Gasteiger partial charge in [-0.1, -0.05) is 19.9 Å². The molecule has 2 aromatic rings. The van der Waals surface area contributed by atoms with E-state index in [-0.39, 0.29) is 23.1 Å². The van der Waals surface area contributed by atoms with Gasteiger partial charge in [0.05, 0.1) is 18.8 Å². The van der Waals surface area contributed by atoms with E-state index in [0.29, 0.717) is 39.3 Å². The van der Waals surface area contributed by atoms with Gasteiger partial charge in [0.15, 0.2) is 0 Å². The van der Waals surface area contributed by atoms with Gasteiger partial charge in [-0.2, -0.15) is 0 Å². The molecule has 0 amide bonds. The van der Waals surface area contributed by atoms with Gasteiger partial charge in [0.2, 0.25) is 13.2 Å². The Bertz CT molecular complexity index is 1230. The molecule has 3 aliphatic heterocycles. The minimum Gasteiger partial charge on any atom is -0.477 e. The van der Waals surface area contributed by atoms with E-state index in [9.17, 15) is 14.7 Å². The lowest BCUT2D eigenvalue weighted by Crippen LogP contribution is -2.47. The summed E-state index contributed by atoms with van der Waals surface area (Å²) in [5, 5.41) is 10.3. The zero-order chi connectivity index (χ0) is 26.9. The summed E-state index contributed by atoms with van der Waals surface area (Å²) in [6.07, 6.45) is 4.93. The molecule has 5 rings (SSSR count). The van der Waals surface area contributed by atoms with Gasteiger partial charge in [-0.25, -0.2) is 14.1 Å². The molecular weight excluding hydrogens is 527 g/mol. The van der Waals surface area contributed by atoms with E-state index in [1.807, 2.05) is 29.8 Å². The SMILES string of the molecule is CCCOC(=O)[C@@H]1CCCN1P(=O)(Cc1ccc2sc(C(=O)O)cc2c1)N1CCC[C@H]1C1(OCCC)CO1. The van der Waals surface area contributed by atoms with Gasteiger partial charge in [-0.05, 0) is 67.7 Å². The molecule has 4 atom stereocenters. The normalized spacial score (nSPS) is 27.5. The second kappa shape index (κ2) is 11.4. The average Bonchev–Trinajstić information content (AvgIpc) is 3.32. The number of carboxylic acids is 1. The second-order valence-corrected chi connectivity index (χ2v) is 14.1. The molecule has 0 saturated carbocycles. The fourth-order valence-electron chi connectivity index (χ4n) is 5.82. The standard InChI is InChI=1S/C27H37N2O7PS/c1-3-13-34-26(32)21-7-5-11-28(21)37(33,29-12-6-8-24(29)27(18-36-27)35-14-4-2)17-19-9-10-22-20(15-19)16-23(38-22)25(30)31/h9-10,15-16,21,24H,3-8,11-14,17-18H2,1-2H3,(H,30,31)/t21-,24-,27?,37?/m0/s1. The number of carboxylic acid groups (broad SMARTS) is 1. The number of aromatic carboxylic acids is 1. The van der Waals surface area contributed by atoms with Crippen LogP contribution < -0.4 is 0 Å². The molecule has 0 bridgehead atoms. The largest absolute Gasteiger partial charge is 0.477 e. The molecule has 1 N–H and O–H groups in total. The number of carbonyl (C=O) groups is 2. The van der Waals surface area contributed by atoms with Crippen LogP contribution in [0.3, 0.4) is 0 Å². The Morgan fingerprint density at radius 1 is 1.13 bits per heavy atom. The Labute approximate surface area is 227 Å². The summed E-state index contributed by atoms with van der Waals surface area (Å²) in [7, 11) is -3.32. The third-order valence-electron chi connectivity index (χ3n) is 7.64. The molecule has 2 unspecified atom stereocenters. The van der Waals surface area contributed by atoms with E-state index in [0.717, 1.165) is 47.8 Å². The van der Waals surface area contributed by atoms with Crippen molar-refractivity contribution in [1.29, 1.82) is 0 Å². The summed E-state index contributed by atoms with van der Waals surface area (Å²) in [6, 6.07) is 6.73. The van der Waals surface area contributed by atoms with E-state index < -0.39 is 25.2 Å². The molecule has 3 saturated heterocycles. The van der Waals surface area contributed by atoms with Gasteiger partial charge in [-0.3, -0.25) is 9.36 Å². The predicted molar refractivity (Wildman–Crippen MR) is 146 cm³/mol. The summed E-state index contributed by atoms with van der Waals surface area (Å²) in [4.78, 5) is 24.9. The van der Waals surface area contributed by atoms with Crippen LogP contribution in [0.1, 0.15) is 67.6 Å². The van der Waals surface area contributed by atoms with E-state index >= 15 is 4.57 Å². The van der Waals surface area contributed by atoms with Crippen molar-refractivity contribution in [1.82, 2.24) is 9.34 Å². The van der Waals surface area contributed by atoms with Crippen LogP contribution >= 0.6 is 18.8 Å². The van der Waals surface area contributed by atoms with Crippen molar-refractivity contribution in [3.05, 3.63) is 34.7 Å². The van der Waals surface area contributed by atoms with Gasteiger partial charge in [-0.15, -0.1) is 11.3 Å².